The molecule has 0 unspecified atom stereocenters. The van der Waals surface area contributed by atoms with Crippen LogP contribution in [0.3, 0.4) is 0 Å². The minimum atomic E-state index is -0.950. The fourth-order valence-electron chi connectivity index (χ4n) is 5.35. The summed E-state index contributed by atoms with van der Waals surface area (Å²) in [6, 6.07) is 19.6. The number of para-hydroxylation sites is 1. The maximum Gasteiger partial charge on any atom is 0.249 e. The maximum absolute atomic E-state index is 14.2. The first-order valence-corrected chi connectivity index (χ1v) is 13.8. The van der Waals surface area contributed by atoms with E-state index in [0.717, 1.165) is 36.8 Å². The van der Waals surface area contributed by atoms with E-state index >= 15 is 0 Å². The number of rotatable bonds is 10. The summed E-state index contributed by atoms with van der Waals surface area (Å²) in [7, 11) is 1.56. The van der Waals surface area contributed by atoms with Crippen LogP contribution in [0, 0.1) is 6.92 Å². The van der Waals surface area contributed by atoms with Crippen molar-refractivity contribution in [3.63, 3.8) is 0 Å². The molecule has 1 aromatic heterocycles. The normalized spacial score (nSPS) is 14.2. The number of methoxy groups -OCH3 is 1. The monoisotopic (exact) mass is 541 g/mol. The number of aryl methyl sites for hydroxylation is 1. The average Bonchev–Trinajstić information content (AvgIpc) is 3.62. The molecule has 4 aromatic rings. The molecule has 0 bridgehead atoms. The van der Waals surface area contributed by atoms with E-state index in [1.54, 1.807) is 28.8 Å². The van der Waals surface area contributed by atoms with Gasteiger partial charge in [0.05, 0.1) is 19.2 Å². The van der Waals surface area contributed by atoms with Crippen LogP contribution in [-0.4, -0.2) is 46.6 Å². The van der Waals surface area contributed by atoms with Gasteiger partial charge in [0.15, 0.2) is 11.5 Å². The van der Waals surface area contributed by atoms with E-state index in [1.807, 2.05) is 68.4 Å². The van der Waals surface area contributed by atoms with Crippen molar-refractivity contribution < 1.29 is 19.1 Å². The number of hydrogen-bond acceptors (Lipinski definition) is 6. The van der Waals surface area contributed by atoms with E-state index in [-0.39, 0.29) is 24.4 Å². The topological polar surface area (TPSA) is 98.6 Å². The number of hydrogen-bond donors (Lipinski definition) is 1. The van der Waals surface area contributed by atoms with Gasteiger partial charge < -0.3 is 14.8 Å². The van der Waals surface area contributed by atoms with E-state index < -0.39 is 6.04 Å². The first-order valence-electron chi connectivity index (χ1n) is 13.8. The molecule has 1 aliphatic carbocycles. The number of carbonyl (C=O) groups excluding carboxylic acids is 2. The molecular formula is C31H35N5O4. The molecule has 5 rings (SSSR count). The third kappa shape index (κ3) is 5.78. The largest absolute Gasteiger partial charge is 0.493 e. The van der Waals surface area contributed by atoms with Crippen molar-refractivity contribution in [2.45, 2.75) is 58.2 Å². The van der Waals surface area contributed by atoms with Crippen molar-refractivity contribution in [1.29, 1.82) is 0 Å². The lowest BCUT2D eigenvalue weighted by molar-refractivity contribution is -0.127. The minimum Gasteiger partial charge on any atom is -0.493 e. The molecule has 0 radical (unpaired) electrons. The molecule has 40 heavy (non-hydrogen) atoms. The van der Waals surface area contributed by atoms with Gasteiger partial charge in [-0.15, -0.1) is 5.10 Å². The molecule has 1 aliphatic rings. The molecule has 0 spiro atoms. The van der Waals surface area contributed by atoms with Crippen molar-refractivity contribution in [2.24, 2.45) is 0 Å². The molecule has 1 heterocycles. The molecule has 1 fully saturated rings. The molecule has 1 saturated carbocycles. The van der Waals surface area contributed by atoms with Crippen molar-refractivity contribution in [3.8, 4) is 11.5 Å². The predicted octanol–water partition coefficient (Wildman–Crippen LogP) is 4.98. The third-order valence-corrected chi connectivity index (χ3v) is 7.27. The Hall–Kier alpha value is -4.40. The Morgan fingerprint density at radius 1 is 1.05 bits per heavy atom. The summed E-state index contributed by atoms with van der Waals surface area (Å²) < 4.78 is 12.9. The minimum absolute atomic E-state index is 0.0771. The van der Waals surface area contributed by atoms with Crippen LogP contribution in [0.25, 0.3) is 11.0 Å². The number of nitrogens with one attached hydrogen (secondary N) is 1. The highest BCUT2D eigenvalue weighted by molar-refractivity contribution is 6.01. The maximum atomic E-state index is 14.2. The summed E-state index contributed by atoms with van der Waals surface area (Å²) in [5.74, 6) is 0.542. The fourth-order valence-corrected chi connectivity index (χ4v) is 5.35. The van der Waals surface area contributed by atoms with Crippen LogP contribution in [0.5, 0.6) is 11.5 Å². The summed E-state index contributed by atoms with van der Waals surface area (Å²) in [5, 5.41) is 11.7. The first-order chi connectivity index (χ1) is 19.5. The highest BCUT2D eigenvalue weighted by atomic mass is 16.5. The van der Waals surface area contributed by atoms with Crippen LogP contribution in [0.15, 0.2) is 66.7 Å². The molecule has 9 heteroatoms. The van der Waals surface area contributed by atoms with Gasteiger partial charge in [-0.05, 0) is 74.2 Å². The number of anilines is 1. The lowest BCUT2D eigenvalue weighted by Crippen LogP contribution is -2.47. The Kier molecular flexibility index (Phi) is 8.28. The van der Waals surface area contributed by atoms with E-state index in [4.69, 9.17) is 9.47 Å². The second kappa shape index (κ2) is 12.2. The highest BCUT2D eigenvalue weighted by Crippen LogP contribution is 2.35. The van der Waals surface area contributed by atoms with E-state index in [9.17, 15) is 9.59 Å². The van der Waals surface area contributed by atoms with Gasteiger partial charge >= 0.3 is 0 Å². The van der Waals surface area contributed by atoms with Crippen molar-refractivity contribution in [2.75, 3.05) is 18.6 Å². The van der Waals surface area contributed by atoms with Crippen LogP contribution < -0.4 is 19.7 Å². The van der Waals surface area contributed by atoms with Crippen LogP contribution in [0.2, 0.25) is 0 Å². The van der Waals surface area contributed by atoms with Gasteiger partial charge in [-0.3, -0.25) is 14.5 Å². The number of carbonyl (C=O) groups is 2. The van der Waals surface area contributed by atoms with Crippen LogP contribution in [-0.2, 0) is 16.1 Å². The zero-order valence-electron chi connectivity index (χ0n) is 23.2. The van der Waals surface area contributed by atoms with Crippen LogP contribution in [0.1, 0.15) is 49.8 Å². The lowest BCUT2D eigenvalue weighted by Gasteiger charge is -2.33. The van der Waals surface area contributed by atoms with E-state index in [2.05, 4.69) is 15.6 Å². The Morgan fingerprint density at radius 3 is 2.60 bits per heavy atom. The van der Waals surface area contributed by atoms with Crippen molar-refractivity contribution >= 4 is 28.5 Å². The second-order valence-corrected chi connectivity index (χ2v) is 10.1. The standard InChI is InChI=1S/C31H35N5O4/c1-4-40-27-17-16-22(19-28(27)39-3)30(31(38)32-23-11-5-6-12-23)36(24-13-9-10-21(2)18-24)29(37)20-35-26-15-8-7-14-25(26)33-34-35/h7-10,13-19,23,30H,4-6,11-12,20H2,1-3H3,(H,32,38)/t30-/m0/s1. The van der Waals surface area contributed by atoms with Crippen molar-refractivity contribution in [3.05, 3.63) is 77.9 Å². The fraction of sp³-hybridized carbons (Fsp3) is 0.355. The van der Waals surface area contributed by atoms with E-state index in [0.29, 0.717) is 34.9 Å². The number of fused-ring (bicyclic) bond motifs is 1. The van der Waals surface area contributed by atoms with Crippen molar-refractivity contribution in [1.82, 2.24) is 20.3 Å². The van der Waals surface area contributed by atoms with E-state index in [1.165, 1.54) is 0 Å². The molecule has 2 amide bonds. The second-order valence-electron chi connectivity index (χ2n) is 10.1. The summed E-state index contributed by atoms with van der Waals surface area (Å²) in [5.41, 5.74) is 3.66. The SMILES string of the molecule is CCOc1ccc([C@@H](C(=O)NC2CCCC2)N(C(=O)Cn2nnc3ccccc32)c2cccc(C)c2)cc1OC. The van der Waals surface area contributed by atoms with Gasteiger partial charge in [-0.2, -0.15) is 0 Å². The molecule has 9 nitrogen and oxygen atoms in total. The third-order valence-electron chi connectivity index (χ3n) is 7.27. The Balaban J connectivity index is 1.60. The Bertz CT molecular complexity index is 1490. The van der Waals surface area contributed by atoms with Crippen LogP contribution >= 0.6 is 0 Å². The summed E-state index contributed by atoms with van der Waals surface area (Å²) in [4.78, 5) is 29.9. The van der Waals surface area contributed by atoms with Gasteiger partial charge in [-0.1, -0.05) is 48.4 Å². The zero-order chi connectivity index (χ0) is 28.1. The highest BCUT2D eigenvalue weighted by Gasteiger charge is 2.35. The molecule has 1 atom stereocenters. The number of amides is 2. The molecule has 3 aromatic carbocycles. The van der Waals surface area contributed by atoms with Gasteiger partial charge in [0, 0.05) is 11.7 Å². The van der Waals surface area contributed by atoms with Crippen LogP contribution in [0.4, 0.5) is 5.69 Å². The smallest absolute Gasteiger partial charge is 0.249 e. The molecule has 0 aliphatic heterocycles. The summed E-state index contributed by atoms with van der Waals surface area (Å²) in [6.45, 7) is 4.25. The number of ether oxygens (including phenoxy) is 2. The quantitative estimate of drug-likeness (QED) is 0.304. The van der Waals surface area contributed by atoms with Gasteiger partial charge in [-0.25, -0.2) is 4.68 Å². The average molecular weight is 542 g/mol. The molecular weight excluding hydrogens is 506 g/mol. The summed E-state index contributed by atoms with van der Waals surface area (Å²) >= 11 is 0. The first kappa shape index (κ1) is 27.2. The Labute approximate surface area is 234 Å². The molecule has 0 saturated heterocycles. The molecule has 208 valence electrons. The zero-order valence-corrected chi connectivity index (χ0v) is 23.2. The predicted molar refractivity (Wildman–Crippen MR) is 153 cm³/mol. The summed E-state index contributed by atoms with van der Waals surface area (Å²) in [6.07, 6.45) is 4.00. The number of benzene rings is 3. The van der Waals surface area contributed by atoms with Gasteiger partial charge in [0.2, 0.25) is 11.8 Å². The lowest BCUT2D eigenvalue weighted by atomic mass is 10.0. The Morgan fingerprint density at radius 2 is 1.85 bits per heavy atom. The van der Waals surface area contributed by atoms with Gasteiger partial charge in [0.25, 0.3) is 0 Å². The van der Waals surface area contributed by atoms with Gasteiger partial charge in [0.1, 0.15) is 18.1 Å². The number of nitrogens with zero attached hydrogens (tertiary/aromatic N) is 4. The number of aromatic nitrogens is 3. The molecule has 1 N–H and O–H groups in total.